The molecule has 0 aromatic heterocycles. The van der Waals surface area contributed by atoms with E-state index in [1.54, 1.807) is 0 Å². The predicted octanol–water partition coefficient (Wildman–Crippen LogP) is 11.2. The number of unbranched alkanes of at least 4 members (excludes halogenated alkanes) is 20. The van der Waals surface area contributed by atoms with Crippen molar-refractivity contribution in [1.29, 1.82) is 0 Å². The molecule has 0 bridgehead atoms. The van der Waals surface area contributed by atoms with Crippen molar-refractivity contribution in [2.75, 3.05) is 26.2 Å². The SMILES string of the molecule is CCCCCCCCC[N+](CCCCCCC)(CCCCCCC)CCCCCCCCC. The summed E-state index contributed by atoms with van der Waals surface area (Å²) >= 11 is 0. The van der Waals surface area contributed by atoms with Crippen molar-refractivity contribution in [2.24, 2.45) is 0 Å². The Hall–Kier alpha value is -0.0400. The third-order valence-electron chi connectivity index (χ3n) is 7.94. The average molecular weight is 467 g/mol. The maximum absolute atomic E-state index is 2.34. The van der Waals surface area contributed by atoms with Gasteiger partial charge in [0.1, 0.15) is 0 Å². The molecule has 200 valence electrons. The minimum Gasteiger partial charge on any atom is -0.324 e. The van der Waals surface area contributed by atoms with Crippen LogP contribution in [0.25, 0.3) is 0 Å². The van der Waals surface area contributed by atoms with Crippen LogP contribution in [0.3, 0.4) is 0 Å². The van der Waals surface area contributed by atoms with E-state index < -0.39 is 0 Å². The minimum absolute atomic E-state index is 1.37. The van der Waals surface area contributed by atoms with Gasteiger partial charge < -0.3 is 4.48 Å². The van der Waals surface area contributed by atoms with E-state index in [-0.39, 0.29) is 0 Å². The smallest absolute Gasteiger partial charge is 0.0786 e. The lowest BCUT2D eigenvalue weighted by Crippen LogP contribution is -2.50. The van der Waals surface area contributed by atoms with E-state index in [1.165, 1.54) is 185 Å². The average Bonchev–Trinajstić information content (AvgIpc) is 2.82. The van der Waals surface area contributed by atoms with Crippen LogP contribution in [0.1, 0.15) is 182 Å². The van der Waals surface area contributed by atoms with Gasteiger partial charge in [-0.1, -0.05) is 130 Å². The second kappa shape index (κ2) is 26.6. The zero-order valence-corrected chi connectivity index (χ0v) is 24.2. The van der Waals surface area contributed by atoms with Gasteiger partial charge in [0.15, 0.2) is 0 Å². The van der Waals surface area contributed by atoms with E-state index in [9.17, 15) is 0 Å². The first-order valence-electron chi connectivity index (χ1n) is 16.1. The molecule has 0 N–H and O–H groups in total. The zero-order chi connectivity index (χ0) is 24.3. The minimum atomic E-state index is 1.37. The summed E-state index contributed by atoms with van der Waals surface area (Å²) < 4.78 is 1.47. The topological polar surface area (TPSA) is 0 Å². The standard InChI is InChI=1S/C32H68N/c1-5-9-13-17-19-23-27-31-33(29-25-21-15-11-7-3,30-26-22-16-12-8-4)32-28-24-20-18-14-10-6-2/h5-32H2,1-4H3/q+1. The number of hydrogen-bond acceptors (Lipinski definition) is 0. The summed E-state index contributed by atoms with van der Waals surface area (Å²) in [6, 6.07) is 0. The molecule has 1 heteroatoms. The second-order valence-corrected chi connectivity index (χ2v) is 11.3. The molecule has 33 heavy (non-hydrogen) atoms. The van der Waals surface area contributed by atoms with Crippen LogP contribution in [-0.4, -0.2) is 30.7 Å². The molecule has 0 saturated heterocycles. The van der Waals surface area contributed by atoms with Crippen molar-refractivity contribution in [2.45, 2.75) is 182 Å². The highest BCUT2D eigenvalue weighted by atomic mass is 15.3. The fourth-order valence-corrected chi connectivity index (χ4v) is 5.58. The van der Waals surface area contributed by atoms with Gasteiger partial charge in [-0.05, 0) is 51.4 Å². The van der Waals surface area contributed by atoms with Gasteiger partial charge >= 0.3 is 0 Å². The molecule has 0 rings (SSSR count). The molecule has 0 aliphatic carbocycles. The van der Waals surface area contributed by atoms with Crippen molar-refractivity contribution in [3.63, 3.8) is 0 Å². The van der Waals surface area contributed by atoms with Crippen LogP contribution in [-0.2, 0) is 0 Å². The van der Waals surface area contributed by atoms with Crippen molar-refractivity contribution in [1.82, 2.24) is 0 Å². The van der Waals surface area contributed by atoms with Crippen molar-refractivity contribution < 1.29 is 4.48 Å². The molecule has 0 heterocycles. The fraction of sp³-hybridized carbons (Fsp3) is 1.00. The number of nitrogens with zero attached hydrogens (tertiary/aromatic N) is 1. The molecule has 0 unspecified atom stereocenters. The van der Waals surface area contributed by atoms with Gasteiger partial charge in [0.25, 0.3) is 0 Å². The van der Waals surface area contributed by atoms with Gasteiger partial charge in [-0.15, -0.1) is 0 Å². The highest BCUT2D eigenvalue weighted by Crippen LogP contribution is 2.20. The summed E-state index contributed by atoms with van der Waals surface area (Å²) in [5.41, 5.74) is 0. The molecule has 0 aliphatic heterocycles. The van der Waals surface area contributed by atoms with E-state index in [2.05, 4.69) is 27.7 Å². The molecule has 0 saturated carbocycles. The van der Waals surface area contributed by atoms with Gasteiger partial charge in [0.05, 0.1) is 26.2 Å². The molecule has 1 nitrogen and oxygen atoms in total. The third kappa shape index (κ3) is 22.2. The van der Waals surface area contributed by atoms with Crippen molar-refractivity contribution >= 4 is 0 Å². The quantitative estimate of drug-likeness (QED) is 0.0794. The van der Waals surface area contributed by atoms with E-state index in [0.29, 0.717) is 0 Å². The zero-order valence-electron chi connectivity index (χ0n) is 24.2. The van der Waals surface area contributed by atoms with Crippen LogP contribution >= 0.6 is 0 Å². The first kappa shape index (κ1) is 33.0. The summed E-state index contributed by atoms with van der Waals surface area (Å²) in [6.45, 7) is 15.3. The Kier molecular flexibility index (Phi) is 26.5. The Labute approximate surface area is 212 Å². The Morgan fingerprint density at radius 3 is 0.636 bits per heavy atom. The van der Waals surface area contributed by atoms with Crippen LogP contribution in [0.4, 0.5) is 0 Å². The molecule has 0 radical (unpaired) electrons. The van der Waals surface area contributed by atoms with Crippen LogP contribution in [0.2, 0.25) is 0 Å². The molecule has 0 spiro atoms. The maximum atomic E-state index is 2.34. The molecule has 0 atom stereocenters. The normalized spacial score (nSPS) is 12.0. The Bertz CT molecular complexity index is 316. The van der Waals surface area contributed by atoms with E-state index >= 15 is 0 Å². The Morgan fingerprint density at radius 1 is 0.242 bits per heavy atom. The van der Waals surface area contributed by atoms with E-state index in [0.717, 1.165) is 0 Å². The van der Waals surface area contributed by atoms with E-state index in [4.69, 9.17) is 0 Å². The molecule has 0 amide bonds. The van der Waals surface area contributed by atoms with Gasteiger partial charge in [0.2, 0.25) is 0 Å². The lowest BCUT2D eigenvalue weighted by molar-refractivity contribution is -0.929. The Morgan fingerprint density at radius 2 is 0.424 bits per heavy atom. The van der Waals surface area contributed by atoms with Gasteiger partial charge in [-0.25, -0.2) is 0 Å². The highest BCUT2D eigenvalue weighted by Gasteiger charge is 2.25. The molecular weight excluding hydrogens is 398 g/mol. The van der Waals surface area contributed by atoms with Gasteiger partial charge in [-0.3, -0.25) is 0 Å². The third-order valence-corrected chi connectivity index (χ3v) is 7.94. The molecule has 0 aromatic carbocycles. The molecule has 0 aromatic rings. The summed E-state index contributed by atoms with van der Waals surface area (Å²) in [5.74, 6) is 0. The van der Waals surface area contributed by atoms with Crippen LogP contribution in [0.5, 0.6) is 0 Å². The summed E-state index contributed by atoms with van der Waals surface area (Å²) in [5, 5.41) is 0. The van der Waals surface area contributed by atoms with Crippen LogP contribution in [0, 0.1) is 0 Å². The maximum Gasteiger partial charge on any atom is 0.0786 e. The fourth-order valence-electron chi connectivity index (χ4n) is 5.58. The number of quaternary nitrogens is 1. The van der Waals surface area contributed by atoms with Crippen LogP contribution in [0.15, 0.2) is 0 Å². The summed E-state index contributed by atoms with van der Waals surface area (Å²) in [4.78, 5) is 0. The van der Waals surface area contributed by atoms with Crippen molar-refractivity contribution in [3.05, 3.63) is 0 Å². The van der Waals surface area contributed by atoms with Gasteiger partial charge in [0, 0.05) is 0 Å². The lowest BCUT2D eigenvalue weighted by atomic mass is 10.0. The molecule has 0 aliphatic rings. The van der Waals surface area contributed by atoms with Crippen LogP contribution < -0.4 is 0 Å². The predicted molar refractivity (Wildman–Crippen MR) is 153 cm³/mol. The summed E-state index contributed by atoms with van der Waals surface area (Å²) in [6.07, 6.45) is 34.8. The molecule has 0 fully saturated rings. The largest absolute Gasteiger partial charge is 0.324 e. The Balaban J connectivity index is 4.70. The monoisotopic (exact) mass is 467 g/mol. The number of rotatable bonds is 28. The lowest BCUT2D eigenvalue weighted by Gasteiger charge is -2.40. The highest BCUT2D eigenvalue weighted by molar-refractivity contribution is 4.55. The van der Waals surface area contributed by atoms with Crippen molar-refractivity contribution in [3.8, 4) is 0 Å². The number of hydrogen-bond donors (Lipinski definition) is 0. The first-order valence-corrected chi connectivity index (χ1v) is 16.1. The molecular formula is C32H68N+. The van der Waals surface area contributed by atoms with E-state index in [1.807, 2.05) is 0 Å². The summed E-state index contributed by atoms with van der Waals surface area (Å²) in [7, 11) is 0. The van der Waals surface area contributed by atoms with Gasteiger partial charge in [-0.2, -0.15) is 0 Å². The second-order valence-electron chi connectivity index (χ2n) is 11.3. The first-order chi connectivity index (χ1) is 16.2.